The zero-order chi connectivity index (χ0) is 21.4. The Morgan fingerprint density at radius 3 is 2.28 bits per heavy atom. The highest BCUT2D eigenvalue weighted by atomic mass is 32.2. The number of hydrogen-bond donors (Lipinski definition) is 0. The molecule has 0 aliphatic carbocycles. The standard InChI is InChI=1S/C19H29N3O6S/c1-3-21(4-2)29(26,27)16-10-11-18(17(14-16)22(24)25)28-15-19(23)20-12-8-6-5-7-9-13-20/h10-11,14H,3-9,12-13,15H2,1-2H3. The van der Waals surface area contributed by atoms with Gasteiger partial charge in [0.25, 0.3) is 5.91 Å². The van der Waals surface area contributed by atoms with Gasteiger partial charge in [0.15, 0.2) is 12.4 Å². The lowest BCUT2D eigenvalue weighted by Crippen LogP contribution is -2.37. The average molecular weight is 428 g/mol. The van der Waals surface area contributed by atoms with E-state index in [2.05, 4.69) is 0 Å². The molecular formula is C19H29N3O6S. The van der Waals surface area contributed by atoms with Gasteiger partial charge in [-0.25, -0.2) is 8.42 Å². The molecule has 0 radical (unpaired) electrons. The Morgan fingerprint density at radius 2 is 1.72 bits per heavy atom. The number of amides is 1. The van der Waals surface area contributed by atoms with Gasteiger partial charge in [-0.1, -0.05) is 33.1 Å². The minimum atomic E-state index is -3.83. The van der Waals surface area contributed by atoms with Crippen LogP contribution in [-0.4, -0.2) is 61.2 Å². The summed E-state index contributed by atoms with van der Waals surface area (Å²) in [4.78, 5) is 24.8. The number of nitro benzene ring substituents is 1. The molecule has 0 N–H and O–H groups in total. The van der Waals surface area contributed by atoms with Gasteiger partial charge in [-0.3, -0.25) is 14.9 Å². The van der Waals surface area contributed by atoms with Crippen molar-refractivity contribution in [1.82, 2.24) is 9.21 Å². The lowest BCUT2D eigenvalue weighted by Gasteiger charge is -2.24. The molecule has 0 spiro atoms. The molecule has 0 atom stereocenters. The lowest BCUT2D eigenvalue weighted by molar-refractivity contribution is -0.386. The number of nitro groups is 1. The molecule has 0 saturated carbocycles. The molecule has 1 aliphatic rings. The van der Waals surface area contributed by atoms with E-state index in [0.29, 0.717) is 13.1 Å². The van der Waals surface area contributed by atoms with Crippen molar-refractivity contribution in [2.75, 3.05) is 32.8 Å². The number of hydrogen-bond acceptors (Lipinski definition) is 6. The predicted molar refractivity (Wildman–Crippen MR) is 108 cm³/mol. The number of carbonyl (C=O) groups excluding carboxylic acids is 1. The molecule has 1 amide bonds. The van der Waals surface area contributed by atoms with Crippen LogP contribution in [0.15, 0.2) is 23.1 Å². The molecule has 162 valence electrons. The number of nitrogens with zero attached hydrogens (tertiary/aromatic N) is 3. The van der Waals surface area contributed by atoms with Crippen LogP contribution in [-0.2, 0) is 14.8 Å². The van der Waals surface area contributed by atoms with Crippen LogP contribution in [0.25, 0.3) is 0 Å². The molecule has 0 unspecified atom stereocenters. The van der Waals surface area contributed by atoms with Crippen LogP contribution in [0.2, 0.25) is 0 Å². The molecule has 29 heavy (non-hydrogen) atoms. The molecule has 1 aromatic carbocycles. The van der Waals surface area contributed by atoms with E-state index in [0.717, 1.165) is 31.7 Å². The fourth-order valence-corrected chi connectivity index (χ4v) is 4.84. The number of sulfonamides is 1. The first kappa shape index (κ1) is 23.1. The van der Waals surface area contributed by atoms with Gasteiger partial charge in [-0.05, 0) is 25.0 Å². The van der Waals surface area contributed by atoms with Crippen molar-refractivity contribution < 1.29 is 22.9 Å². The fourth-order valence-electron chi connectivity index (χ4n) is 3.36. The van der Waals surface area contributed by atoms with Crippen molar-refractivity contribution >= 4 is 21.6 Å². The molecule has 1 fully saturated rings. The second kappa shape index (κ2) is 10.5. The maximum atomic E-state index is 12.6. The van der Waals surface area contributed by atoms with Crippen LogP contribution in [0.3, 0.4) is 0 Å². The Labute approximate surface area is 171 Å². The van der Waals surface area contributed by atoms with Crippen LogP contribution in [0.5, 0.6) is 5.75 Å². The maximum Gasteiger partial charge on any atom is 0.312 e. The summed E-state index contributed by atoms with van der Waals surface area (Å²) >= 11 is 0. The van der Waals surface area contributed by atoms with Crippen molar-refractivity contribution in [3.63, 3.8) is 0 Å². The summed E-state index contributed by atoms with van der Waals surface area (Å²) in [6.45, 7) is 4.91. The van der Waals surface area contributed by atoms with E-state index >= 15 is 0 Å². The average Bonchev–Trinajstić information content (AvgIpc) is 2.66. The number of carbonyl (C=O) groups is 1. The second-order valence-electron chi connectivity index (χ2n) is 6.91. The molecule has 9 nitrogen and oxygen atoms in total. The van der Waals surface area contributed by atoms with Gasteiger partial charge in [0.1, 0.15) is 0 Å². The Kier molecular flexibility index (Phi) is 8.39. The largest absolute Gasteiger partial charge is 0.477 e. The molecule has 1 saturated heterocycles. The second-order valence-corrected chi connectivity index (χ2v) is 8.85. The minimum absolute atomic E-state index is 0.117. The summed E-state index contributed by atoms with van der Waals surface area (Å²) in [6.07, 6.45) is 5.21. The smallest absolute Gasteiger partial charge is 0.312 e. The third-order valence-corrected chi connectivity index (χ3v) is 7.08. The number of likely N-dealkylation sites (tertiary alicyclic amines) is 1. The molecule has 2 rings (SSSR count). The first-order valence-corrected chi connectivity index (χ1v) is 11.4. The Hall–Kier alpha value is -2.20. The van der Waals surface area contributed by atoms with Gasteiger partial charge >= 0.3 is 5.69 Å². The highest BCUT2D eigenvalue weighted by molar-refractivity contribution is 7.89. The van der Waals surface area contributed by atoms with Gasteiger partial charge in [0.2, 0.25) is 10.0 Å². The van der Waals surface area contributed by atoms with E-state index < -0.39 is 20.6 Å². The molecule has 1 heterocycles. The number of ether oxygens (including phenoxy) is 1. The summed E-state index contributed by atoms with van der Waals surface area (Å²) in [5, 5.41) is 11.5. The van der Waals surface area contributed by atoms with Gasteiger partial charge in [0.05, 0.1) is 9.82 Å². The predicted octanol–water partition coefficient (Wildman–Crippen LogP) is 2.80. The first-order chi connectivity index (χ1) is 13.8. The molecule has 1 aromatic rings. The summed E-state index contributed by atoms with van der Waals surface area (Å²) in [6, 6.07) is 3.51. The highest BCUT2D eigenvalue weighted by Gasteiger charge is 2.27. The fraction of sp³-hybridized carbons (Fsp3) is 0.632. The Morgan fingerprint density at radius 1 is 1.14 bits per heavy atom. The SMILES string of the molecule is CCN(CC)S(=O)(=O)c1ccc(OCC(=O)N2CCCCCCC2)c([N+](=O)[O-])c1. The normalized spacial score (nSPS) is 15.6. The summed E-state index contributed by atoms with van der Waals surface area (Å²) < 4.78 is 31.9. The maximum absolute atomic E-state index is 12.6. The molecule has 10 heteroatoms. The zero-order valence-electron chi connectivity index (χ0n) is 17.0. The van der Waals surface area contributed by atoms with Crippen LogP contribution in [0.4, 0.5) is 5.69 Å². The van der Waals surface area contributed by atoms with E-state index in [4.69, 9.17) is 4.74 Å². The molecule has 0 bridgehead atoms. The third-order valence-electron chi connectivity index (χ3n) is 5.03. The Bertz CT molecular complexity index is 815. The number of rotatable bonds is 8. The third kappa shape index (κ3) is 5.89. The zero-order valence-corrected chi connectivity index (χ0v) is 17.8. The van der Waals surface area contributed by atoms with Crippen LogP contribution in [0, 0.1) is 10.1 Å². The van der Waals surface area contributed by atoms with Gasteiger partial charge in [-0.2, -0.15) is 4.31 Å². The van der Waals surface area contributed by atoms with Crippen molar-refractivity contribution in [3.05, 3.63) is 28.3 Å². The molecular weight excluding hydrogens is 398 g/mol. The summed E-state index contributed by atoms with van der Waals surface area (Å²) in [5.74, 6) is -0.338. The van der Waals surface area contributed by atoms with Crippen molar-refractivity contribution in [2.24, 2.45) is 0 Å². The lowest BCUT2D eigenvalue weighted by atomic mass is 10.1. The topological polar surface area (TPSA) is 110 Å². The van der Waals surface area contributed by atoms with E-state index in [1.54, 1.807) is 18.7 Å². The van der Waals surface area contributed by atoms with E-state index in [-0.39, 0.29) is 36.2 Å². The van der Waals surface area contributed by atoms with Crippen molar-refractivity contribution in [3.8, 4) is 5.75 Å². The number of benzene rings is 1. The summed E-state index contributed by atoms with van der Waals surface area (Å²) in [5.41, 5.74) is -0.473. The first-order valence-electron chi connectivity index (χ1n) is 10.0. The van der Waals surface area contributed by atoms with Crippen LogP contribution < -0.4 is 4.74 Å². The van der Waals surface area contributed by atoms with E-state index in [1.807, 2.05) is 0 Å². The van der Waals surface area contributed by atoms with Crippen LogP contribution in [0.1, 0.15) is 46.0 Å². The highest BCUT2D eigenvalue weighted by Crippen LogP contribution is 2.31. The molecule has 1 aliphatic heterocycles. The summed E-state index contributed by atoms with van der Waals surface area (Å²) in [7, 11) is -3.83. The van der Waals surface area contributed by atoms with Crippen LogP contribution >= 0.6 is 0 Å². The minimum Gasteiger partial charge on any atom is -0.477 e. The van der Waals surface area contributed by atoms with Gasteiger partial charge in [0, 0.05) is 32.2 Å². The monoisotopic (exact) mass is 427 g/mol. The molecule has 0 aromatic heterocycles. The van der Waals surface area contributed by atoms with Gasteiger partial charge < -0.3 is 9.64 Å². The van der Waals surface area contributed by atoms with E-state index in [9.17, 15) is 23.3 Å². The quantitative estimate of drug-likeness (QED) is 0.466. The van der Waals surface area contributed by atoms with E-state index in [1.165, 1.54) is 22.9 Å². The van der Waals surface area contributed by atoms with Gasteiger partial charge in [-0.15, -0.1) is 0 Å². The Balaban J connectivity index is 2.16. The van der Waals surface area contributed by atoms with Crippen molar-refractivity contribution in [1.29, 1.82) is 0 Å². The van der Waals surface area contributed by atoms with Crippen molar-refractivity contribution in [2.45, 2.75) is 50.8 Å².